The maximum absolute atomic E-state index is 13.1. The molecule has 0 radical (unpaired) electrons. The van der Waals surface area contributed by atoms with Crippen LogP contribution >= 0.6 is 0 Å². The number of hydrogen-bond acceptors (Lipinski definition) is 4. The van der Waals surface area contributed by atoms with Gasteiger partial charge in [-0.25, -0.2) is 0 Å². The van der Waals surface area contributed by atoms with Crippen molar-refractivity contribution in [3.05, 3.63) is 47.3 Å². The Bertz CT molecular complexity index is 1010. The van der Waals surface area contributed by atoms with Crippen LogP contribution in [-0.4, -0.2) is 63.6 Å². The van der Waals surface area contributed by atoms with Crippen LogP contribution in [0.15, 0.2) is 30.5 Å². The van der Waals surface area contributed by atoms with E-state index in [4.69, 9.17) is 0 Å². The number of fused-ring (bicyclic) bond motifs is 1. The van der Waals surface area contributed by atoms with Crippen molar-refractivity contribution in [3.63, 3.8) is 0 Å². The van der Waals surface area contributed by atoms with E-state index < -0.39 is 0 Å². The Morgan fingerprint density at radius 3 is 2.23 bits per heavy atom. The standard InChI is InChI=1S/C28H41N5O2/c1-22-26(21-30(3)29-22)28(35)31-18-14-25(15-19-31)32-16-10-6-4-5-7-11-17-33(23(2)34)27-13-9-8-12-24(27)20-32/h8-9,12-13,21,25H,4-7,10-11,14-20H2,1-3H3. The highest BCUT2D eigenvalue weighted by Gasteiger charge is 2.29. The fraction of sp³-hybridized carbons (Fsp3) is 0.607. The summed E-state index contributed by atoms with van der Waals surface area (Å²) in [6.07, 6.45) is 11.0. The molecular weight excluding hydrogens is 438 g/mol. The topological polar surface area (TPSA) is 61.7 Å². The molecule has 0 N–H and O–H groups in total. The van der Waals surface area contributed by atoms with E-state index >= 15 is 0 Å². The van der Waals surface area contributed by atoms with Crippen molar-refractivity contribution in [1.29, 1.82) is 0 Å². The number of aryl methyl sites for hydroxylation is 2. The van der Waals surface area contributed by atoms with Crippen LogP contribution in [0.3, 0.4) is 0 Å². The summed E-state index contributed by atoms with van der Waals surface area (Å²) in [5, 5.41) is 4.34. The average molecular weight is 480 g/mol. The Kier molecular flexibility index (Phi) is 8.60. The number of piperidine rings is 1. The first kappa shape index (κ1) is 25.4. The quantitative estimate of drug-likeness (QED) is 0.634. The molecule has 7 heteroatoms. The highest BCUT2D eigenvalue weighted by atomic mass is 16.2. The van der Waals surface area contributed by atoms with Crippen LogP contribution in [0.2, 0.25) is 0 Å². The van der Waals surface area contributed by atoms with Crippen molar-refractivity contribution in [2.75, 3.05) is 31.1 Å². The molecule has 2 aliphatic rings. The van der Waals surface area contributed by atoms with Crippen LogP contribution in [0.25, 0.3) is 0 Å². The van der Waals surface area contributed by atoms with E-state index in [1.807, 2.05) is 36.0 Å². The third-order valence-corrected chi connectivity index (χ3v) is 7.62. The number of anilines is 1. The predicted molar refractivity (Wildman–Crippen MR) is 139 cm³/mol. The molecular formula is C28H41N5O2. The molecule has 0 atom stereocenters. The van der Waals surface area contributed by atoms with Crippen LogP contribution < -0.4 is 4.90 Å². The minimum absolute atomic E-state index is 0.0986. The first-order valence-electron chi connectivity index (χ1n) is 13.3. The van der Waals surface area contributed by atoms with E-state index in [9.17, 15) is 9.59 Å². The minimum Gasteiger partial charge on any atom is -0.338 e. The van der Waals surface area contributed by atoms with Gasteiger partial charge in [0.05, 0.1) is 11.3 Å². The van der Waals surface area contributed by atoms with Gasteiger partial charge in [-0.15, -0.1) is 0 Å². The lowest BCUT2D eigenvalue weighted by molar-refractivity contribution is -0.116. The lowest BCUT2D eigenvalue weighted by Gasteiger charge is -2.39. The van der Waals surface area contributed by atoms with E-state index in [0.29, 0.717) is 11.6 Å². The number of benzene rings is 1. The van der Waals surface area contributed by atoms with Crippen LogP contribution in [0, 0.1) is 6.92 Å². The van der Waals surface area contributed by atoms with Crippen LogP contribution in [0.1, 0.15) is 79.9 Å². The molecule has 1 saturated heterocycles. The zero-order valence-corrected chi connectivity index (χ0v) is 21.7. The maximum Gasteiger partial charge on any atom is 0.257 e. The lowest BCUT2D eigenvalue weighted by Crippen LogP contribution is -2.47. The second kappa shape index (κ2) is 11.8. The van der Waals surface area contributed by atoms with Crippen molar-refractivity contribution in [3.8, 4) is 0 Å². The zero-order chi connectivity index (χ0) is 24.8. The number of aromatic nitrogens is 2. The van der Waals surface area contributed by atoms with Gasteiger partial charge < -0.3 is 9.80 Å². The van der Waals surface area contributed by atoms with E-state index in [0.717, 1.165) is 63.4 Å². The summed E-state index contributed by atoms with van der Waals surface area (Å²) in [6, 6.07) is 8.86. The van der Waals surface area contributed by atoms with E-state index in [2.05, 4.69) is 28.2 Å². The van der Waals surface area contributed by atoms with Crippen molar-refractivity contribution >= 4 is 17.5 Å². The molecule has 0 bridgehead atoms. The molecule has 2 aromatic rings. The van der Waals surface area contributed by atoms with Gasteiger partial charge in [-0.2, -0.15) is 5.10 Å². The molecule has 7 nitrogen and oxygen atoms in total. The molecule has 0 unspecified atom stereocenters. The number of amides is 2. The Morgan fingerprint density at radius 2 is 1.57 bits per heavy atom. The number of para-hydroxylation sites is 1. The number of nitrogens with zero attached hydrogens (tertiary/aromatic N) is 5. The van der Waals surface area contributed by atoms with Gasteiger partial charge in [-0.05, 0) is 50.8 Å². The highest BCUT2D eigenvalue weighted by molar-refractivity contribution is 5.95. The molecule has 4 rings (SSSR count). The fourth-order valence-corrected chi connectivity index (χ4v) is 5.67. The van der Waals surface area contributed by atoms with Crippen molar-refractivity contribution < 1.29 is 9.59 Å². The molecule has 0 spiro atoms. The smallest absolute Gasteiger partial charge is 0.257 e. The summed E-state index contributed by atoms with van der Waals surface area (Å²) < 4.78 is 1.72. The van der Waals surface area contributed by atoms with Gasteiger partial charge in [-0.3, -0.25) is 19.2 Å². The molecule has 190 valence electrons. The van der Waals surface area contributed by atoms with E-state index in [-0.39, 0.29) is 11.8 Å². The monoisotopic (exact) mass is 479 g/mol. The molecule has 2 amide bonds. The van der Waals surface area contributed by atoms with Gasteiger partial charge in [0, 0.05) is 58.1 Å². The van der Waals surface area contributed by atoms with Crippen molar-refractivity contribution in [2.45, 2.75) is 77.8 Å². The summed E-state index contributed by atoms with van der Waals surface area (Å²) in [7, 11) is 1.86. The summed E-state index contributed by atoms with van der Waals surface area (Å²) in [5.41, 5.74) is 3.80. The van der Waals surface area contributed by atoms with Crippen LogP contribution in [0.5, 0.6) is 0 Å². The molecule has 1 aromatic heterocycles. The summed E-state index contributed by atoms with van der Waals surface area (Å²) in [5.74, 6) is 0.220. The predicted octanol–water partition coefficient (Wildman–Crippen LogP) is 4.54. The molecule has 1 aromatic carbocycles. The molecule has 1 fully saturated rings. The van der Waals surface area contributed by atoms with Crippen molar-refractivity contribution in [1.82, 2.24) is 19.6 Å². The van der Waals surface area contributed by atoms with Crippen LogP contribution in [0.4, 0.5) is 5.69 Å². The highest BCUT2D eigenvalue weighted by Crippen LogP contribution is 2.27. The summed E-state index contributed by atoms with van der Waals surface area (Å²) in [4.78, 5) is 32.2. The molecule has 0 saturated carbocycles. The first-order chi connectivity index (χ1) is 16.9. The van der Waals surface area contributed by atoms with E-state index in [1.165, 1.54) is 37.7 Å². The number of rotatable bonds is 2. The van der Waals surface area contributed by atoms with Gasteiger partial charge in [0.2, 0.25) is 5.91 Å². The molecule has 35 heavy (non-hydrogen) atoms. The Hall–Kier alpha value is -2.67. The van der Waals surface area contributed by atoms with Crippen LogP contribution in [-0.2, 0) is 18.4 Å². The normalized spacial score (nSPS) is 19.4. The number of carbonyl (C=O) groups excluding carboxylic acids is 2. The zero-order valence-electron chi connectivity index (χ0n) is 21.7. The first-order valence-corrected chi connectivity index (χ1v) is 13.3. The molecule has 3 heterocycles. The van der Waals surface area contributed by atoms with Gasteiger partial charge in [0.25, 0.3) is 5.91 Å². The summed E-state index contributed by atoms with van der Waals surface area (Å²) in [6.45, 7) is 7.84. The van der Waals surface area contributed by atoms with Gasteiger partial charge in [0.15, 0.2) is 0 Å². The third-order valence-electron chi connectivity index (χ3n) is 7.62. The lowest BCUT2D eigenvalue weighted by atomic mass is 10.00. The van der Waals surface area contributed by atoms with Gasteiger partial charge in [-0.1, -0.05) is 43.9 Å². The second-order valence-electron chi connectivity index (χ2n) is 10.2. The van der Waals surface area contributed by atoms with Gasteiger partial charge in [0.1, 0.15) is 0 Å². The second-order valence-corrected chi connectivity index (χ2v) is 10.2. The molecule has 2 aliphatic heterocycles. The number of hydrogen-bond donors (Lipinski definition) is 0. The van der Waals surface area contributed by atoms with E-state index in [1.54, 1.807) is 11.6 Å². The number of likely N-dealkylation sites (tertiary alicyclic amines) is 1. The third kappa shape index (κ3) is 6.31. The maximum atomic E-state index is 13.1. The summed E-state index contributed by atoms with van der Waals surface area (Å²) >= 11 is 0. The minimum atomic E-state index is 0.0986. The number of carbonyl (C=O) groups is 2. The SMILES string of the molecule is CC(=O)N1CCCCCCCCN(C2CCN(C(=O)c3cn(C)nc3C)CC2)Cc2ccccc21. The van der Waals surface area contributed by atoms with Gasteiger partial charge >= 0.3 is 0 Å². The van der Waals surface area contributed by atoms with Crippen molar-refractivity contribution in [2.24, 2.45) is 7.05 Å². The Labute approximate surface area is 210 Å². The fourth-order valence-electron chi connectivity index (χ4n) is 5.67. The Morgan fingerprint density at radius 1 is 0.914 bits per heavy atom. The average Bonchev–Trinajstić information content (AvgIpc) is 3.20. The Balaban J connectivity index is 1.49. The largest absolute Gasteiger partial charge is 0.338 e. The molecule has 0 aliphatic carbocycles.